The number of alkyl halides is 1. The molecule has 0 atom stereocenters. The van der Waals surface area contributed by atoms with Gasteiger partial charge in [0.2, 0.25) is 0 Å². The fraction of sp³-hybridized carbons (Fsp3) is 0.500. The number of carbonyl (C=O) groups excluding carboxylic acids is 1. The van der Waals surface area contributed by atoms with Crippen LogP contribution in [0.15, 0.2) is 24.3 Å². The number of carbonyl (C=O) groups is 1. The summed E-state index contributed by atoms with van der Waals surface area (Å²) in [6, 6.07) is 8.05. The van der Waals surface area contributed by atoms with E-state index < -0.39 is 0 Å². The van der Waals surface area contributed by atoms with Crippen LogP contribution in [-0.2, 0) is 17.2 Å². The van der Waals surface area contributed by atoms with Gasteiger partial charge in [-0.05, 0) is 24.0 Å². The van der Waals surface area contributed by atoms with Gasteiger partial charge in [-0.1, -0.05) is 37.1 Å². The van der Waals surface area contributed by atoms with Gasteiger partial charge in [-0.3, -0.25) is 0 Å². The molecule has 98 valence electrons. The zero-order valence-corrected chi connectivity index (χ0v) is 11.1. The van der Waals surface area contributed by atoms with E-state index >= 15 is 0 Å². The summed E-state index contributed by atoms with van der Waals surface area (Å²) in [5.41, 5.74) is 2.04. The van der Waals surface area contributed by atoms with Crippen molar-refractivity contribution in [3.8, 4) is 0 Å². The Hall–Kier alpha value is -1.22. The Balaban J connectivity index is 1.74. The first kappa shape index (κ1) is 13.2. The van der Waals surface area contributed by atoms with Gasteiger partial charge < -0.3 is 10.1 Å². The first-order valence-corrected chi connectivity index (χ1v) is 6.88. The third-order valence-electron chi connectivity index (χ3n) is 3.22. The van der Waals surface area contributed by atoms with E-state index in [1.807, 2.05) is 24.3 Å². The molecular weight excluding hydrogens is 250 g/mol. The number of amides is 1. The van der Waals surface area contributed by atoms with E-state index in [1.54, 1.807) is 0 Å². The quantitative estimate of drug-likeness (QED) is 0.847. The maximum absolute atomic E-state index is 11.5. The van der Waals surface area contributed by atoms with Crippen LogP contribution in [0.2, 0.25) is 0 Å². The second-order valence-electron chi connectivity index (χ2n) is 4.65. The summed E-state index contributed by atoms with van der Waals surface area (Å²) in [5.74, 6) is 0.503. The van der Waals surface area contributed by atoms with Gasteiger partial charge in [-0.2, -0.15) is 0 Å². The van der Waals surface area contributed by atoms with E-state index in [-0.39, 0.29) is 6.09 Å². The minimum atomic E-state index is -0.316. The fourth-order valence-electron chi connectivity index (χ4n) is 2.15. The highest BCUT2D eigenvalue weighted by molar-refractivity contribution is 6.17. The van der Waals surface area contributed by atoms with Crippen molar-refractivity contribution < 1.29 is 9.53 Å². The number of benzene rings is 1. The monoisotopic (exact) mass is 267 g/mol. The van der Waals surface area contributed by atoms with E-state index in [1.165, 1.54) is 12.8 Å². The Bertz CT molecular complexity index is 385. The molecule has 1 aliphatic rings. The second-order valence-corrected chi connectivity index (χ2v) is 4.92. The van der Waals surface area contributed by atoms with Crippen LogP contribution in [0, 0.1) is 0 Å². The summed E-state index contributed by atoms with van der Waals surface area (Å²) >= 11 is 5.71. The number of halogens is 1. The molecule has 0 aliphatic heterocycles. The topological polar surface area (TPSA) is 38.3 Å². The molecule has 1 aromatic rings. The van der Waals surface area contributed by atoms with Crippen LogP contribution in [0.4, 0.5) is 4.79 Å². The van der Waals surface area contributed by atoms with E-state index in [9.17, 15) is 4.79 Å². The van der Waals surface area contributed by atoms with Gasteiger partial charge >= 0.3 is 6.09 Å². The molecular formula is C14H18ClNO2. The molecule has 1 saturated carbocycles. The van der Waals surface area contributed by atoms with Crippen molar-refractivity contribution in [2.75, 3.05) is 0 Å². The van der Waals surface area contributed by atoms with E-state index in [0.717, 1.165) is 24.0 Å². The Labute approximate surface area is 112 Å². The largest absolute Gasteiger partial charge is 0.445 e. The van der Waals surface area contributed by atoms with Crippen LogP contribution in [0.25, 0.3) is 0 Å². The lowest BCUT2D eigenvalue weighted by Gasteiger charge is -2.12. The van der Waals surface area contributed by atoms with Gasteiger partial charge in [0, 0.05) is 11.9 Å². The van der Waals surface area contributed by atoms with Gasteiger partial charge in [0.25, 0.3) is 0 Å². The maximum Gasteiger partial charge on any atom is 0.407 e. The highest BCUT2D eigenvalue weighted by atomic mass is 35.5. The summed E-state index contributed by atoms with van der Waals surface area (Å²) < 4.78 is 5.18. The summed E-state index contributed by atoms with van der Waals surface area (Å²) in [6.45, 7) is 0.307. The van der Waals surface area contributed by atoms with Crippen molar-refractivity contribution in [2.45, 2.75) is 44.2 Å². The summed E-state index contributed by atoms with van der Waals surface area (Å²) in [6.07, 6.45) is 4.22. The number of alkyl carbamates (subject to hydrolysis) is 1. The first-order chi connectivity index (χ1) is 8.78. The molecule has 4 heteroatoms. The van der Waals surface area contributed by atoms with Crippen molar-refractivity contribution >= 4 is 17.7 Å². The van der Waals surface area contributed by atoms with Gasteiger partial charge in [-0.25, -0.2) is 4.79 Å². The van der Waals surface area contributed by atoms with Crippen molar-refractivity contribution in [3.63, 3.8) is 0 Å². The van der Waals surface area contributed by atoms with Gasteiger partial charge in [-0.15, -0.1) is 11.6 Å². The average molecular weight is 268 g/mol. The molecule has 1 aromatic carbocycles. The minimum absolute atomic E-state index is 0.302. The smallest absolute Gasteiger partial charge is 0.407 e. The Kier molecular flexibility index (Phi) is 4.88. The summed E-state index contributed by atoms with van der Waals surface area (Å²) in [7, 11) is 0. The first-order valence-electron chi connectivity index (χ1n) is 6.35. The molecule has 1 N–H and O–H groups in total. The van der Waals surface area contributed by atoms with Crippen molar-refractivity contribution in [1.82, 2.24) is 5.32 Å². The standard InChI is InChI=1S/C14H18ClNO2/c15-9-11-5-7-12(8-6-11)10-18-14(17)16-13-3-1-2-4-13/h5-8,13H,1-4,9-10H2,(H,16,17). The van der Waals surface area contributed by atoms with Crippen LogP contribution >= 0.6 is 11.6 Å². The molecule has 3 nitrogen and oxygen atoms in total. The lowest BCUT2D eigenvalue weighted by Crippen LogP contribution is -2.32. The van der Waals surface area contributed by atoms with Gasteiger partial charge in [0.05, 0.1) is 0 Å². The average Bonchev–Trinajstić information content (AvgIpc) is 2.90. The third kappa shape index (κ3) is 3.91. The van der Waals surface area contributed by atoms with Crippen LogP contribution < -0.4 is 5.32 Å². The molecule has 0 heterocycles. The summed E-state index contributed by atoms with van der Waals surface area (Å²) in [4.78, 5) is 11.5. The van der Waals surface area contributed by atoms with Crippen LogP contribution in [0.3, 0.4) is 0 Å². The normalized spacial score (nSPS) is 15.6. The lowest BCUT2D eigenvalue weighted by atomic mass is 10.2. The Morgan fingerprint density at radius 3 is 2.44 bits per heavy atom. The molecule has 0 aromatic heterocycles. The number of hydrogen-bond donors (Lipinski definition) is 1. The third-order valence-corrected chi connectivity index (χ3v) is 3.53. The SMILES string of the molecule is O=C(NC1CCCC1)OCc1ccc(CCl)cc1. The molecule has 1 aliphatic carbocycles. The molecule has 18 heavy (non-hydrogen) atoms. The highest BCUT2D eigenvalue weighted by Gasteiger charge is 2.17. The molecule has 0 radical (unpaired) electrons. The van der Waals surface area contributed by atoms with Crippen molar-refractivity contribution in [1.29, 1.82) is 0 Å². The highest BCUT2D eigenvalue weighted by Crippen LogP contribution is 2.17. The number of rotatable bonds is 4. The zero-order valence-electron chi connectivity index (χ0n) is 10.3. The van der Waals surface area contributed by atoms with Crippen LogP contribution in [-0.4, -0.2) is 12.1 Å². The molecule has 0 unspecified atom stereocenters. The van der Waals surface area contributed by atoms with E-state index in [4.69, 9.17) is 16.3 Å². The molecule has 1 amide bonds. The molecule has 2 rings (SSSR count). The van der Waals surface area contributed by atoms with Gasteiger partial charge in [0.1, 0.15) is 6.61 Å². The lowest BCUT2D eigenvalue weighted by molar-refractivity contribution is 0.136. The minimum Gasteiger partial charge on any atom is -0.445 e. The van der Waals surface area contributed by atoms with Crippen LogP contribution in [0.5, 0.6) is 0 Å². The molecule has 0 saturated heterocycles. The Morgan fingerprint density at radius 1 is 1.22 bits per heavy atom. The maximum atomic E-state index is 11.5. The zero-order chi connectivity index (χ0) is 12.8. The number of hydrogen-bond acceptors (Lipinski definition) is 2. The van der Waals surface area contributed by atoms with Crippen molar-refractivity contribution in [2.24, 2.45) is 0 Å². The fourth-order valence-corrected chi connectivity index (χ4v) is 2.33. The molecule has 0 spiro atoms. The predicted molar refractivity (Wildman–Crippen MR) is 71.6 cm³/mol. The van der Waals surface area contributed by atoms with E-state index in [0.29, 0.717) is 18.5 Å². The van der Waals surface area contributed by atoms with Crippen LogP contribution in [0.1, 0.15) is 36.8 Å². The summed E-state index contributed by atoms with van der Waals surface area (Å²) in [5, 5.41) is 2.89. The number of nitrogens with one attached hydrogen (secondary N) is 1. The van der Waals surface area contributed by atoms with Crippen molar-refractivity contribution in [3.05, 3.63) is 35.4 Å². The van der Waals surface area contributed by atoms with Gasteiger partial charge in [0.15, 0.2) is 0 Å². The second kappa shape index (κ2) is 6.64. The van der Waals surface area contributed by atoms with E-state index in [2.05, 4.69) is 5.32 Å². The molecule has 1 fully saturated rings. The predicted octanol–water partition coefficient (Wildman–Crippen LogP) is 3.59. The molecule has 0 bridgehead atoms. The number of ether oxygens (including phenoxy) is 1. The Morgan fingerprint density at radius 2 is 1.83 bits per heavy atom.